The highest BCUT2D eigenvalue weighted by Crippen LogP contribution is 2.13. The number of carbonyl (C=O) groups excluding carboxylic acids is 1. The summed E-state index contributed by atoms with van der Waals surface area (Å²) in [7, 11) is 0. The molecular weight excluding hydrogens is 224 g/mol. The number of furan rings is 1. The topological polar surface area (TPSA) is 59.5 Å². The Kier molecular flexibility index (Phi) is 4.49. The zero-order valence-electron chi connectivity index (χ0n) is 9.53. The van der Waals surface area contributed by atoms with Crippen LogP contribution in [-0.4, -0.2) is 28.9 Å². The molecular formula is C11H16N2O2S. The second kappa shape index (κ2) is 5.65. The molecule has 2 N–H and O–H groups in total. The molecule has 16 heavy (non-hydrogen) atoms. The molecule has 0 unspecified atom stereocenters. The summed E-state index contributed by atoms with van der Waals surface area (Å²) in [6.07, 6.45) is 2.22. The first-order chi connectivity index (χ1) is 7.60. The summed E-state index contributed by atoms with van der Waals surface area (Å²) < 4.78 is 5.22. The van der Waals surface area contributed by atoms with Crippen LogP contribution < -0.4 is 5.73 Å². The van der Waals surface area contributed by atoms with E-state index in [1.807, 2.05) is 13.8 Å². The summed E-state index contributed by atoms with van der Waals surface area (Å²) in [6.45, 7) is 4.71. The molecule has 0 spiro atoms. The lowest BCUT2D eigenvalue weighted by molar-refractivity contribution is 0.0785. The molecule has 0 saturated heterocycles. The van der Waals surface area contributed by atoms with Crippen LogP contribution in [-0.2, 0) is 6.42 Å². The highest BCUT2D eigenvalue weighted by atomic mass is 32.1. The highest BCUT2D eigenvalue weighted by molar-refractivity contribution is 7.80. The van der Waals surface area contributed by atoms with Crippen LogP contribution in [0.25, 0.3) is 0 Å². The van der Waals surface area contributed by atoms with Gasteiger partial charge >= 0.3 is 0 Å². The predicted octanol–water partition coefficient (Wildman–Crippen LogP) is 1.59. The van der Waals surface area contributed by atoms with Gasteiger partial charge < -0.3 is 15.1 Å². The van der Waals surface area contributed by atoms with Crippen LogP contribution in [0.15, 0.2) is 16.7 Å². The number of nitrogens with two attached hydrogens (primary N) is 1. The number of amides is 1. The first-order valence-electron chi connectivity index (χ1n) is 5.24. The van der Waals surface area contributed by atoms with Crippen molar-refractivity contribution in [3.8, 4) is 0 Å². The van der Waals surface area contributed by atoms with Crippen LogP contribution in [0.1, 0.15) is 30.0 Å². The Hall–Kier alpha value is -1.36. The van der Waals surface area contributed by atoms with Gasteiger partial charge in [0, 0.05) is 13.0 Å². The summed E-state index contributed by atoms with van der Waals surface area (Å²) in [4.78, 5) is 14.0. The number of likely N-dealkylation sites (N-methyl/N-ethyl adjacent to an activating group) is 1. The Balaban J connectivity index is 2.86. The molecule has 5 heteroatoms. The smallest absolute Gasteiger partial charge is 0.257 e. The van der Waals surface area contributed by atoms with E-state index in [1.165, 1.54) is 6.26 Å². The van der Waals surface area contributed by atoms with Gasteiger partial charge in [0.25, 0.3) is 5.91 Å². The quantitative estimate of drug-likeness (QED) is 0.794. The first kappa shape index (κ1) is 12.7. The van der Waals surface area contributed by atoms with Gasteiger partial charge in [0.05, 0.1) is 23.4 Å². The van der Waals surface area contributed by atoms with Gasteiger partial charge in [-0.1, -0.05) is 19.1 Å². The standard InChI is InChI=1S/C11H16N2O2S/c1-3-9-8(5-6-15-9)11(14)13(4-2)7-10(12)16/h5-6H,3-4,7H2,1-2H3,(H2,12,16). The van der Waals surface area contributed by atoms with Gasteiger partial charge in [-0.05, 0) is 13.0 Å². The first-order valence-corrected chi connectivity index (χ1v) is 5.64. The van der Waals surface area contributed by atoms with E-state index >= 15 is 0 Å². The number of hydrogen-bond donors (Lipinski definition) is 1. The molecule has 0 radical (unpaired) electrons. The number of nitrogens with zero attached hydrogens (tertiary/aromatic N) is 1. The van der Waals surface area contributed by atoms with Gasteiger partial charge in [0.2, 0.25) is 0 Å². The molecule has 0 aromatic carbocycles. The number of thiocarbonyl (C=S) groups is 1. The molecule has 0 atom stereocenters. The van der Waals surface area contributed by atoms with E-state index in [1.54, 1.807) is 11.0 Å². The van der Waals surface area contributed by atoms with Gasteiger partial charge in [-0.2, -0.15) is 0 Å². The lowest BCUT2D eigenvalue weighted by Gasteiger charge is -2.19. The molecule has 0 aliphatic rings. The molecule has 4 nitrogen and oxygen atoms in total. The molecule has 1 heterocycles. The molecule has 1 aromatic heterocycles. The Morgan fingerprint density at radius 3 is 2.75 bits per heavy atom. The second-order valence-electron chi connectivity index (χ2n) is 3.40. The lowest BCUT2D eigenvalue weighted by atomic mass is 10.2. The van der Waals surface area contributed by atoms with Crippen molar-refractivity contribution in [2.45, 2.75) is 20.3 Å². The van der Waals surface area contributed by atoms with E-state index in [4.69, 9.17) is 22.4 Å². The van der Waals surface area contributed by atoms with Crippen molar-refractivity contribution < 1.29 is 9.21 Å². The van der Waals surface area contributed by atoms with Crippen molar-refractivity contribution >= 4 is 23.1 Å². The number of rotatable bonds is 5. The van der Waals surface area contributed by atoms with E-state index in [0.717, 1.165) is 0 Å². The van der Waals surface area contributed by atoms with Crippen molar-refractivity contribution in [3.05, 3.63) is 23.7 Å². The van der Waals surface area contributed by atoms with E-state index in [0.29, 0.717) is 35.8 Å². The number of aryl methyl sites for hydroxylation is 1. The molecule has 0 saturated carbocycles. The Labute approximate surface area is 100 Å². The normalized spacial score (nSPS) is 10.1. The Morgan fingerprint density at radius 2 is 2.25 bits per heavy atom. The fourth-order valence-electron chi connectivity index (χ4n) is 1.49. The number of hydrogen-bond acceptors (Lipinski definition) is 3. The molecule has 1 aromatic rings. The summed E-state index contributed by atoms with van der Waals surface area (Å²) >= 11 is 4.81. The molecule has 0 fully saturated rings. The van der Waals surface area contributed by atoms with Crippen LogP contribution >= 0.6 is 12.2 Å². The Bertz CT molecular complexity index is 387. The fourth-order valence-corrected chi connectivity index (χ4v) is 1.65. The van der Waals surface area contributed by atoms with E-state index in [9.17, 15) is 4.79 Å². The minimum Gasteiger partial charge on any atom is -0.469 e. The lowest BCUT2D eigenvalue weighted by Crippen LogP contribution is -2.37. The maximum Gasteiger partial charge on any atom is 0.257 e. The molecule has 0 aliphatic heterocycles. The van der Waals surface area contributed by atoms with Crippen LogP contribution in [0.5, 0.6) is 0 Å². The third-order valence-electron chi connectivity index (χ3n) is 2.31. The monoisotopic (exact) mass is 240 g/mol. The van der Waals surface area contributed by atoms with Crippen LogP contribution in [0.2, 0.25) is 0 Å². The maximum absolute atomic E-state index is 12.1. The molecule has 0 aliphatic carbocycles. The summed E-state index contributed by atoms with van der Waals surface area (Å²) in [5, 5.41) is 0. The summed E-state index contributed by atoms with van der Waals surface area (Å²) in [6, 6.07) is 1.68. The minimum absolute atomic E-state index is 0.0825. The fraction of sp³-hybridized carbons (Fsp3) is 0.455. The van der Waals surface area contributed by atoms with E-state index < -0.39 is 0 Å². The van der Waals surface area contributed by atoms with Gasteiger partial charge in [0.15, 0.2) is 0 Å². The van der Waals surface area contributed by atoms with Crippen LogP contribution in [0.3, 0.4) is 0 Å². The molecule has 1 rings (SSSR count). The SMILES string of the molecule is CCc1occc1C(=O)N(CC)CC(N)=S. The second-order valence-corrected chi connectivity index (χ2v) is 3.92. The third-order valence-corrected chi connectivity index (χ3v) is 2.44. The minimum atomic E-state index is -0.0825. The summed E-state index contributed by atoms with van der Waals surface area (Å²) in [5.41, 5.74) is 6.04. The molecule has 88 valence electrons. The Morgan fingerprint density at radius 1 is 1.56 bits per heavy atom. The third kappa shape index (κ3) is 2.82. The van der Waals surface area contributed by atoms with Crippen LogP contribution in [0.4, 0.5) is 0 Å². The largest absolute Gasteiger partial charge is 0.469 e. The van der Waals surface area contributed by atoms with Crippen molar-refractivity contribution in [2.24, 2.45) is 5.73 Å². The molecule has 0 bridgehead atoms. The van der Waals surface area contributed by atoms with E-state index in [2.05, 4.69) is 0 Å². The average molecular weight is 240 g/mol. The van der Waals surface area contributed by atoms with Gasteiger partial charge in [-0.25, -0.2) is 0 Å². The summed E-state index contributed by atoms with van der Waals surface area (Å²) in [5.74, 6) is 0.618. The highest BCUT2D eigenvalue weighted by Gasteiger charge is 2.19. The van der Waals surface area contributed by atoms with Crippen molar-refractivity contribution in [1.82, 2.24) is 4.90 Å². The maximum atomic E-state index is 12.1. The van der Waals surface area contributed by atoms with Gasteiger partial charge in [-0.3, -0.25) is 4.79 Å². The average Bonchev–Trinajstić information content (AvgIpc) is 2.72. The van der Waals surface area contributed by atoms with Crippen molar-refractivity contribution in [3.63, 3.8) is 0 Å². The van der Waals surface area contributed by atoms with Crippen molar-refractivity contribution in [2.75, 3.05) is 13.1 Å². The van der Waals surface area contributed by atoms with Gasteiger partial charge in [-0.15, -0.1) is 0 Å². The predicted molar refractivity (Wildman–Crippen MR) is 66.4 cm³/mol. The van der Waals surface area contributed by atoms with Crippen molar-refractivity contribution in [1.29, 1.82) is 0 Å². The van der Waals surface area contributed by atoms with E-state index in [-0.39, 0.29) is 5.91 Å². The number of carbonyl (C=O) groups is 1. The van der Waals surface area contributed by atoms with Gasteiger partial charge in [0.1, 0.15) is 5.76 Å². The zero-order valence-corrected chi connectivity index (χ0v) is 10.3. The van der Waals surface area contributed by atoms with Crippen LogP contribution in [0, 0.1) is 0 Å². The zero-order chi connectivity index (χ0) is 12.1. The molecule has 1 amide bonds.